The Morgan fingerprint density at radius 1 is 1.30 bits per heavy atom. The minimum Gasteiger partial charge on any atom is -0.378 e. The number of ether oxygens (including phenoxy) is 1. The highest BCUT2D eigenvalue weighted by molar-refractivity contribution is 5.29. The van der Waals surface area contributed by atoms with Gasteiger partial charge in [-0.2, -0.15) is 0 Å². The zero-order valence-electron chi connectivity index (χ0n) is 12.8. The molecule has 1 heterocycles. The van der Waals surface area contributed by atoms with Crippen molar-refractivity contribution < 1.29 is 4.74 Å². The molecule has 0 radical (unpaired) electrons. The lowest BCUT2D eigenvalue weighted by Crippen LogP contribution is -2.36. The van der Waals surface area contributed by atoms with Gasteiger partial charge in [-0.05, 0) is 57.9 Å². The highest BCUT2D eigenvalue weighted by Gasteiger charge is 2.16. The van der Waals surface area contributed by atoms with Gasteiger partial charge in [0.05, 0.1) is 6.10 Å². The van der Waals surface area contributed by atoms with Crippen LogP contribution in [0.5, 0.6) is 0 Å². The first-order chi connectivity index (χ1) is 9.67. The van der Waals surface area contributed by atoms with Gasteiger partial charge >= 0.3 is 0 Å². The molecule has 0 aromatic heterocycles. The number of nitrogens with two attached hydrogens (primary N) is 1. The van der Waals surface area contributed by atoms with Crippen molar-refractivity contribution in [2.75, 3.05) is 6.61 Å². The van der Waals surface area contributed by atoms with E-state index in [2.05, 4.69) is 37.5 Å². The van der Waals surface area contributed by atoms with Crippen LogP contribution in [0.1, 0.15) is 48.8 Å². The summed E-state index contributed by atoms with van der Waals surface area (Å²) < 4.78 is 5.67. The van der Waals surface area contributed by atoms with Crippen LogP contribution >= 0.6 is 0 Å². The quantitative estimate of drug-likeness (QED) is 0.594. The monoisotopic (exact) mass is 276 g/mol. The summed E-state index contributed by atoms with van der Waals surface area (Å²) in [5.74, 6) is 5.71. The van der Waals surface area contributed by atoms with Crippen molar-refractivity contribution in [3.8, 4) is 0 Å². The number of hydrogen-bond donors (Lipinski definition) is 2. The van der Waals surface area contributed by atoms with E-state index in [0.717, 1.165) is 19.4 Å². The Labute approximate surface area is 122 Å². The molecule has 1 saturated heterocycles. The zero-order chi connectivity index (χ0) is 14.4. The van der Waals surface area contributed by atoms with Crippen LogP contribution < -0.4 is 11.3 Å². The van der Waals surface area contributed by atoms with Crippen LogP contribution in [0.15, 0.2) is 18.2 Å². The number of hydrazine groups is 1. The van der Waals surface area contributed by atoms with E-state index >= 15 is 0 Å². The van der Waals surface area contributed by atoms with Crippen LogP contribution in [0.25, 0.3) is 0 Å². The molecular weight excluding hydrogens is 248 g/mol. The molecule has 2 rings (SSSR count). The highest BCUT2D eigenvalue weighted by atomic mass is 16.5. The van der Waals surface area contributed by atoms with Crippen LogP contribution in [-0.4, -0.2) is 18.8 Å². The number of benzene rings is 1. The second-order valence-corrected chi connectivity index (χ2v) is 6.13. The standard InChI is InChI=1S/C17H28N2O/c1-13-9-14(2)11-15(10-13)12-16(19-18)5-3-6-17-7-4-8-20-17/h9-11,16-17,19H,3-8,12,18H2,1-2H3. The Kier molecular flexibility index (Phi) is 6.02. The smallest absolute Gasteiger partial charge is 0.0576 e. The van der Waals surface area contributed by atoms with E-state index in [-0.39, 0.29) is 0 Å². The molecule has 0 spiro atoms. The lowest BCUT2D eigenvalue weighted by atomic mass is 9.97. The molecule has 1 fully saturated rings. The first-order valence-electron chi connectivity index (χ1n) is 7.82. The summed E-state index contributed by atoms with van der Waals surface area (Å²) in [6, 6.07) is 7.10. The van der Waals surface area contributed by atoms with E-state index in [9.17, 15) is 0 Å². The Balaban J connectivity index is 1.78. The van der Waals surface area contributed by atoms with E-state index in [4.69, 9.17) is 10.6 Å². The fourth-order valence-electron chi connectivity index (χ4n) is 3.18. The van der Waals surface area contributed by atoms with Crippen LogP contribution in [0.4, 0.5) is 0 Å². The molecule has 112 valence electrons. The van der Waals surface area contributed by atoms with Gasteiger partial charge in [-0.1, -0.05) is 29.3 Å². The molecule has 0 bridgehead atoms. The van der Waals surface area contributed by atoms with Crippen molar-refractivity contribution in [1.29, 1.82) is 0 Å². The maximum absolute atomic E-state index is 5.71. The molecule has 1 aliphatic rings. The van der Waals surface area contributed by atoms with Crippen LogP contribution in [0, 0.1) is 13.8 Å². The van der Waals surface area contributed by atoms with Gasteiger partial charge in [0.1, 0.15) is 0 Å². The Bertz CT molecular complexity index is 393. The minimum absolute atomic E-state index is 0.359. The van der Waals surface area contributed by atoms with Gasteiger partial charge in [-0.15, -0.1) is 0 Å². The Morgan fingerprint density at radius 3 is 2.65 bits per heavy atom. The second kappa shape index (κ2) is 7.77. The summed E-state index contributed by atoms with van der Waals surface area (Å²) in [7, 11) is 0. The maximum Gasteiger partial charge on any atom is 0.0576 e. The molecular formula is C17H28N2O. The first kappa shape index (κ1) is 15.5. The lowest BCUT2D eigenvalue weighted by Gasteiger charge is -2.17. The fourth-order valence-corrected chi connectivity index (χ4v) is 3.18. The summed E-state index contributed by atoms with van der Waals surface area (Å²) in [5.41, 5.74) is 7.01. The van der Waals surface area contributed by atoms with Crippen molar-refractivity contribution in [3.63, 3.8) is 0 Å². The van der Waals surface area contributed by atoms with E-state index in [1.54, 1.807) is 0 Å². The van der Waals surface area contributed by atoms with E-state index < -0.39 is 0 Å². The molecule has 0 aliphatic carbocycles. The van der Waals surface area contributed by atoms with Gasteiger partial charge in [0.15, 0.2) is 0 Å². The van der Waals surface area contributed by atoms with E-state index in [0.29, 0.717) is 12.1 Å². The van der Waals surface area contributed by atoms with Crippen molar-refractivity contribution in [2.24, 2.45) is 5.84 Å². The van der Waals surface area contributed by atoms with Gasteiger partial charge in [-0.25, -0.2) is 0 Å². The molecule has 2 atom stereocenters. The van der Waals surface area contributed by atoms with Crippen molar-refractivity contribution >= 4 is 0 Å². The molecule has 3 heteroatoms. The third-order valence-corrected chi connectivity index (χ3v) is 4.10. The molecule has 1 aliphatic heterocycles. The zero-order valence-corrected chi connectivity index (χ0v) is 12.8. The average Bonchev–Trinajstić information content (AvgIpc) is 2.89. The highest BCUT2D eigenvalue weighted by Crippen LogP contribution is 2.19. The average molecular weight is 276 g/mol. The van der Waals surface area contributed by atoms with E-state index in [1.807, 2.05) is 0 Å². The fraction of sp³-hybridized carbons (Fsp3) is 0.647. The number of rotatable bonds is 7. The third kappa shape index (κ3) is 4.89. The van der Waals surface area contributed by atoms with Gasteiger partial charge in [-0.3, -0.25) is 11.3 Å². The van der Waals surface area contributed by atoms with Gasteiger partial charge < -0.3 is 4.74 Å². The summed E-state index contributed by atoms with van der Waals surface area (Å²) >= 11 is 0. The molecule has 20 heavy (non-hydrogen) atoms. The SMILES string of the molecule is Cc1cc(C)cc(CC(CCCC2CCCO2)NN)c1. The van der Waals surface area contributed by atoms with Gasteiger partial charge in [0.25, 0.3) is 0 Å². The third-order valence-electron chi connectivity index (χ3n) is 4.10. The number of hydrogen-bond acceptors (Lipinski definition) is 3. The molecule has 1 aromatic carbocycles. The summed E-state index contributed by atoms with van der Waals surface area (Å²) in [5, 5.41) is 0. The van der Waals surface area contributed by atoms with E-state index in [1.165, 1.54) is 42.4 Å². The molecule has 0 amide bonds. The van der Waals surface area contributed by atoms with Gasteiger partial charge in [0.2, 0.25) is 0 Å². The molecule has 0 saturated carbocycles. The van der Waals surface area contributed by atoms with Crippen LogP contribution in [0.2, 0.25) is 0 Å². The maximum atomic E-state index is 5.71. The second-order valence-electron chi connectivity index (χ2n) is 6.13. The largest absolute Gasteiger partial charge is 0.378 e. The predicted octanol–water partition coefficient (Wildman–Crippen LogP) is 3.03. The Morgan fingerprint density at radius 2 is 2.05 bits per heavy atom. The van der Waals surface area contributed by atoms with Crippen LogP contribution in [0.3, 0.4) is 0 Å². The molecule has 1 aromatic rings. The summed E-state index contributed by atoms with van der Waals surface area (Å²) in [6.07, 6.45) is 7.43. The summed E-state index contributed by atoms with van der Waals surface area (Å²) in [4.78, 5) is 0. The van der Waals surface area contributed by atoms with Crippen LogP contribution in [-0.2, 0) is 11.2 Å². The lowest BCUT2D eigenvalue weighted by molar-refractivity contribution is 0.101. The van der Waals surface area contributed by atoms with Gasteiger partial charge in [0, 0.05) is 12.6 Å². The number of nitrogens with one attached hydrogen (secondary N) is 1. The molecule has 3 nitrogen and oxygen atoms in total. The first-order valence-corrected chi connectivity index (χ1v) is 7.82. The number of aryl methyl sites for hydroxylation is 2. The topological polar surface area (TPSA) is 47.3 Å². The van der Waals surface area contributed by atoms with Crippen molar-refractivity contribution in [1.82, 2.24) is 5.43 Å². The minimum atomic E-state index is 0.359. The normalized spacial score (nSPS) is 20.2. The Hall–Kier alpha value is -0.900. The van der Waals surface area contributed by atoms with Crippen molar-refractivity contribution in [3.05, 3.63) is 34.9 Å². The molecule has 3 N–H and O–H groups in total. The predicted molar refractivity (Wildman–Crippen MR) is 83.6 cm³/mol. The van der Waals surface area contributed by atoms with Crippen molar-refractivity contribution in [2.45, 2.75) is 64.5 Å². The molecule has 2 unspecified atom stereocenters. The summed E-state index contributed by atoms with van der Waals surface area (Å²) in [6.45, 7) is 5.25.